The predicted octanol–water partition coefficient (Wildman–Crippen LogP) is 2.07. The Kier molecular flexibility index (Phi) is 7.68. The number of ether oxygens (including phenoxy) is 1. The number of carbonyl (C=O) groups excluding carboxylic acids is 2. The number of carbonyl (C=O) groups is 2. The molecule has 0 radical (unpaired) electrons. The molecule has 0 bridgehead atoms. The van der Waals surface area contributed by atoms with Crippen LogP contribution in [0.4, 0.5) is 5.00 Å². The van der Waals surface area contributed by atoms with Gasteiger partial charge in [0.15, 0.2) is 0 Å². The van der Waals surface area contributed by atoms with E-state index < -0.39 is 0 Å². The molecule has 1 aromatic heterocycles. The van der Waals surface area contributed by atoms with Crippen LogP contribution in [0, 0.1) is 0 Å². The Hall–Kier alpha value is -1.15. The lowest BCUT2D eigenvalue weighted by molar-refractivity contribution is -0.117. The van der Waals surface area contributed by atoms with Gasteiger partial charge in [-0.3, -0.25) is 9.69 Å². The zero-order valence-electron chi connectivity index (χ0n) is 14.6. The second kappa shape index (κ2) is 9.52. The maximum absolute atomic E-state index is 12.5. The van der Waals surface area contributed by atoms with Gasteiger partial charge in [-0.25, -0.2) is 4.79 Å². The highest BCUT2D eigenvalue weighted by Gasteiger charge is 2.27. The largest absolute Gasteiger partial charge is 0.465 e. The first kappa shape index (κ1) is 20.2. The van der Waals surface area contributed by atoms with Crippen LogP contribution >= 0.6 is 23.7 Å². The maximum Gasteiger partial charge on any atom is 0.341 e. The number of nitrogens with zero attached hydrogens (tertiary/aromatic N) is 1. The number of amides is 1. The molecule has 0 aromatic carbocycles. The number of nitrogens with one attached hydrogen (secondary N) is 2. The summed E-state index contributed by atoms with van der Waals surface area (Å²) in [6.45, 7) is 4.07. The lowest BCUT2D eigenvalue weighted by Crippen LogP contribution is -2.35. The Morgan fingerprint density at radius 1 is 1.20 bits per heavy atom. The van der Waals surface area contributed by atoms with Crippen molar-refractivity contribution >= 4 is 40.6 Å². The van der Waals surface area contributed by atoms with Crippen molar-refractivity contribution in [3.8, 4) is 0 Å². The summed E-state index contributed by atoms with van der Waals surface area (Å²) >= 11 is 1.54. The van der Waals surface area contributed by atoms with Crippen LogP contribution in [0.25, 0.3) is 0 Å². The van der Waals surface area contributed by atoms with Crippen molar-refractivity contribution in [2.24, 2.45) is 0 Å². The van der Waals surface area contributed by atoms with Gasteiger partial charge in [-0.05, 0) is 50.8 Å². The number of methoxy groups -OCH3 is 1. The molecule has 2 aliphatic rings. The first-order valence-corrected chi connectivity index (χ1v) is 9.46. The average Bonchev–Trinajstić information content (AvgIpc) is 2.75. The summed E-state index contributed by atoms with van der Waals surface area (Å²) in [5, 5.41) is 6.96. The van der Waals surface area contributed by atoms with E-state index in [4.69, 9.17) is 4.74 Å². The van der Waals surface area contributed by atoms with Crippen molar-refractivity contribution in [3.05, 3.63) is 16.0 Å². The highest BCUT2D eigenvalue weighted by atomic mass is 35.5. The molecule has 25 heavy (non-hydrogen) atoms. The minimum absolute atomic E-state index is 0. The molecule has 6 nitrogen and oxygen atoms in total. The number of aryl methyl sites for hydroxylation is 1. The zero-order valence-corrected chi connectivity index (χ0v) is 16.2. The highest BCUT2D eigenvalue weighted by molar-refractivity contribution is 7.17. The maximum atomic E-state index is 12.5. The van der Waals surface area contributed by atoms with E-state index in [9.17, 15) is 9.59 Å². The number of fused-ring (bicyclic) bond motifs is 1. The van der Waals surface area contributed by atoms with E-state index in [1.807, 2.05) is 0 Å². The van der Waals surface area contributed by atoms with Crippen molar-refractivity contribution in [1.82, 2.24) is 10.2 Å². The monoisotopic (exact) mass is 387 g/mol. The lowest BCUT2D eigenvalue weighted by Gasteiger charge is -2.18. The van der Waals surface area contributed by atoms with Gasteiger partial charge in [-0.2, -0.15) is 0 Å². The number of hydrogen-bond donors (Lipinski definition) is 2. The molecule has 1 aliphatic heterocycles. The molecule has 1 aromatic rings. The Morgan fingerprint density at radius 2 is 2.00 bits per heavy atom. The smallest absolute Gasteiger partial charge is 0.341 e. The van der Waals surface area contributed by atoms with Gasteiger partial charge >= 0.3 is 5.97 Å². The number of hydrogen-bond acceptors (Lipinski definition) is 6. The van der Waals surface area contributed by atoms with E-state index in [1.54, 1.807) is 0 Å². The van der Waals surface area contributed by atoms with Gasteiger partial charge in [-0.1, -0.05) is 0 Å². The van der Waals surface area contributed by atoms with Crippen LogP contribution in [0.1, 0.15) is 40.1 Å². The Bertz CT molecular complexity index is 613. The summed E-state index contributed by atoms with van der Waals surface area (Å²) in [6.07, 6.45) is 5.15. The number of rotatable bonds is 4. The standard InChI is InChI=1S/C17H25N3O3S.ClH/c1-23-17(22)15-12-5-2-3-6-13(12)24-16(15)19-14(21)11-20-9-4-7-18-8-10-20;/h18H,2-11H2,1H3,(H,19,21);1H. The number of thiophene rings is 1. The molecule has 2 N–H and O–H groups in total. The highest BCUT2D eigenvalue weighted by Crippen LogP contribution is 2.38. The third-order valence-electron chi connectivity index (χ3n) is 4.61. The summed E-state index contributed by atoms with van der Waals surface area (Å²) < 4.78 is 4.95. The van der Waals surface area contributed by atoms with E-state index >= 15 is 0 Å². The summed E-state index contributed by atoms with van der Waals surface area (Å²) in [7, 11) is 1.39. The first-order chi connectivity index (χ1) is 11.7. The minimum atomic E-state index is -0.344. The van der Waals surface area contributed by atoms with Gasteiger partial charge in [0, 0.05) is 18.0 Å². The molecule has 1 saturated heterocycles. The van der Waals surface area contributed by atoms with Gasteiger partial charge in [-0.15, -0.1) is 23.7 Å². The molecule has 3 rings (SSSR count). The van der Waals surface area contributed by atoms with Crippen LogP contribution in [0.15, 0.2) is 0 Å². The molecule has 0 unspecified atom stereocenters. The molecule has 1 fully saturated rings. The molecule has 0 saturated carbocycles. The van der Waals surface area contributed by atoms with E-state index in [0.717, 1.165) is 63.8 Å². The van der Waals surface area contributed by atoms with Crippen molar-refractivity contribution in [2.75, 3.05) is 45.2 Å². The second-order valence-corrected chi connectivity index (χ2v) is 7.44. The van der Waals surface area contributed by atoms with Crippen LogP contribution < -0.4 is 10.6 Å². The topological polar surface area (TPSA) is 70.7 Å². The molecule has 0 atom stereocenters. The third-order valence-corrected chi connectivity index (χ3v) is 5.82. The van der Waals surface area contributed by atoms with Crippen LogP contribution in [0.3, 0.4) is 0 Å². The Balaban J connectivity index is 0.00000225. The van der Waals surface area contributed by atoms with Crippen molar-refractivity contribution < 1.29 is 14.3 Å². The van der Waals surface area contributed by atoms with Crippen LogP contribution in [0.5, 0.6) is 0 Å². The summed E-state index contributed by atoms with van der Waals surface area (Å²) in [5.74, 6) is -0.399. The second-order valence-electron chi connectivity index (χ2n) is 6.33. The number of anilines is 1. The van der Waals surface area contributed by atoms with E-state index in [0.29, 0.717) is 17.1 Å². The fourth-order valence-corrected chi connectivity index (χ4v) is 4.69. The van der Waals surface area contributed by atoms with Crippen molar-refractivity contribution in [2.45, 2.75) is 32.1 Å². The fourth-order valence-electron chi connectivity index (χ4n) is 3.40. The van der Waals surface area contributed by atoms with Crippen LogP contribution in [0.2, 0.25) is 0 Å². The quantitative estimate of drug-likeness (QED) is 0.774. The molecule has 1 aliphatic carbocycles. The average molecular weight is 388 g/mol. The fraction of sp³-hybridized carbons (Fsp3) is 0.647. The Morgan fingerprint density at radius 3 is 2.80 bits per heavy atom. The van der Waals surface area contributed by atoms with E-state index in [2.05, 4.69) is 15.5 Å². The third kappa shape index (κ3) is 4.94. The van der Waals surface area contributed by atoms with Crippen molar-refractivity contribution in [3.63, 3.8) is 0 Å². The lowest BCUT2D eigenvalue weighted by atomic mass is 9.95. The zero-order chi connectivity index (χ0) is 16.9. The van der Waals surface area contributed by atoms with E-state index in [-0.39, 0.29) is 24.3 Å². The van der Waals surface area contributed by atoms with Gasteiger partial charge < -0.3 is 15.4 Å². The van der Waals surface area contributed by atoms with Gasteiger partial charge in [0.05, 0.1) is 19.2 Å². The predicted molar refractivity (Wildman–Crippen MR) is 102 cm³/mol. The molecule has 1 amide bonds. The van der Waals surface area contributed by atoms with Crippen LogP contribution in [-0.2, 0) is 22.4 Å². The van der Waals surface area contributed by atoms with Gasteiger partial charge in [0.2, 0.25) is 5.91 Å². The number of halogens is 1. The molecule has 0 spiro atoms. The minimum Gasteiger partial charge on any atom is -0.465 e. The van der Waals surface area contributed by atoms with Gasteiger partial charge in [0.25, 0.3) is 0 Å². The molecule has 2 heterocycles. The summed E-state index contributed by atoms with van der Waals surface area (Å²) in [6, 6.07) is 0. The molecule has 8 heteroatoms. The number of esters is 1. The summed E-state index contributed by atoms with van der Waals surface area (Å²) in [5.41, 5.74) is 1.65. The Labute approximate surface area is 158 Å². The van der Waals surface area contributed by atoms with E-state index in [1.165, 1.54) is 23.3 Å². The normalized spacial score (nSPS) is 17.8. The summed E-state index contributed by atoms with van der Waals surface area (Å²) in [4.78, 5) is 28.0. The molecular weight excluding hydrogens is 362 g/mol. The molecular formula is C17H26ClN3O3S. The SMILES string of the molecule is COC(=O)c1c(NC(=O)CN2CCCNCC2)sc2c1CCCC2.Cl. The van der Waals surface area contributed by atoms with Crippen molar-refractivity contribution in [1.29, 1.82) is 0 Å². The molecule has 140 valence electrons. The van der Waals surface area contributed by atoms with Gasteiger partial charge in [0.1, 0.15) is 5.00 Å². The first-order valence-electron chi connectivity index (χ1n) is 8.65. The van der Waals surface area contributed by atoms with Crippen LogP contribution in [-0.4, -0.2) is 56.6 Å².